The Bertz CT molecular complexity index is 259. The highest BCUT2D eigenvalue weighted by Crippen LogP contribution is 2.04. The lowest BCUT2D eigenvalue weighted by atomic mass is 10.2. The molecule has 6 heteroatoms. The molecule has 2 amide bonds. The van der Waals surface area contributed by atoms with Crippen molar-refractivity contribution in [3.05, 3.63) is 0 Å². The summed E-state index contributed by atoms with van der Waals surface area (Å²) in [5, 5.41) is 8.79. The third kappa shape index (κ3) is 7.10. The summed E-state index contributed by atoms with van der Waals surface area (Å²) in [6.07, 6.45) is 1.97. The van der Waals surface area contributed by atoms with E-state index < -0.39 is 5.97 Å². The topological polar surface area (TPSA) is 60.9 Å². The van der Waals surface area contributed by atoms with Crippen LogP contribution in [0.25, 0.3) is 0 Å². The van der Waals surface area contributed by atoms with Gasteiger partial charge in [0, 0.05) is 25.9 Å². The fourth-order valence-corrected chi connectivity index (χ4v) is 1.84. The molecule has 0 spiro atoms. The number of urea groups is 1. The number of carboxylic acids is 1. The van der Waals surface area contributed by atoms with Crippen molar-refractivity contribution in [3.63, 3.8) is 0 Å². The van der Waals surface area contributed by atoms with Crippen LogP contribution in [0.15, 0.2) is 0 Å². The van der Waals surface area contributed by atoms with Gasteiger partial charge < -0.3 is 14.9 Å². The smallest absolute Gasteiger partial charge is 0.323 e. The van der Waals surface area contributed by atoms with Crippen molar-refractivity contribution < 1.29 is 14.7 Å². The zero-order valence-corrected chi connectivity index (χ0v) is 11.8. The van der Waals surface area contributed by atoms with Gasteiger partial charge in [0.1, 0.15) is 6.54 Å². The van der Waals surface area contributed by atoms with Crippen molar-refractivity contribution in [2.45, 2.75) is 13.8 Å². The van der Waals surface area contributed by atoms with Gasteiger partial charge in [-0.2, -0.15) is 11.8 Å². The maximum Gasteiger partial charge on any atom is 0.323 e. The first-order chi connectivity index (χ1) is 7.88. The second-order valence-corrected chi connectivity index (χ2v) is 5.35. The van der Waals surface area contributed by atoms with Crippen LogP contribution in [0.4, 0.5) is 4.79 Å². The summed E-state index contributed by atoms with van der Waals surface area (Å²) in [6.45, 7) is 4.79. The molecule has 0 unspecified atom stereocenters. The second-order valence-electron chi connectivity index (χ2n) is 4.37. The fraction of sp³-hybridized carbons (Fsp3) is 0.818. The minimum absolute atomic E-state index is 0.213. The van der Waals surface area contributed by atoms with Crippen LogP contribution in [0.3, 0.4) is 0 Å². The van der Waals surface area contributed by atoms with Gasteiger partial charge in [0.05, 0.1) is 0 Å². The highest BCUT2D eigenvalue weighted by molar-refractivity contribution is 7.98. The van der Waals surface area contributed by atoms with E-state index in [9.17, 15) is 9.59 Å². The number of thioether (sulfide) groups is 1. The molecule has 5 nitrogen and oxygen atoms in total. The molecule has 0 aliphatic heterocycles. The Balaban J connectivity index is 4.44. The molecule has 0 saturated heterocycles. The Kier molecular flexibility index (Phi) is 7.78. The molecule has 0 atom stereocenters. The molecule has 0 rings (SSSR count). The van der Waals surface area contributed by atoms with Crippen molar-refractivity contribution in [1.29, 1.82) is 0 Å². The molecule has 1 N–H and O–H groups in total. The summed E-state index contributed by atoms with van der Waals surface area (Å²) in [6, 6.07) is -0.213. The van der Waals surface area contributed by atoms with E-state index in [2.05, 4.69) is 0 Å². The molecule has 0 aliphatic rings. The number of carboxylic acid groups (broad SMARTS) is 1. The average Bonchev–Trinajstić information content (AvgIpc) is 2.22. The SMILES string of the molecule is CSCCN(C)C(=O)N(CC(=O)O)CC(C)C. The highest BCUT2D eigenvalue weighted by atomic mass is 32.2. The Morgan fingerprint density at radius 2 is 1.94 bits per heavy atom. The fourth-order valence-electron chi connectivity index (χ4n) is 1.38. The molecule has 0 aromatic heterocycles. The van der Waals surface area contributed by atoms with Crippen molar-refractivity contribution in [2.24, 2.45) is 5.92 Å². The van der Waals surface area contributed by atoms with Crippen molar-refractivity contribution >= 4 is 23.8 Å². The minimum atomic E-state index is -0.975. The van der Waals surface area contributed by atoms with Crippen LogP contribution in [0.2, 0.25) is 0 Å². The summed E-state index contributed by atoms with van der Waals surface area (Å²) in [5.41, 5.74) is 0. The number of hydrogen-bond acceptors (Lipinski definition) is 3. The first-order valence-electron chi connectivity index (χ1n) is 5.59. The first kappa shape index (κ1) is 16.1. The van der Waals surface area contributed by atoms with E-state index in [0.29, 0.717) is 13.1 Å². The van der Waals surface area contributed by atoms with Gasteiger partial charge in [-0.25, -0.2) is 4.79 Å². The van der Waals surface area contributed by atoms with Gasteiger partial charge in [-0.15, -0.1) is 0 Å². The maximum absolute atomic E-state index is 12.0. The number of nitrogens with zero attached hydrogens (tertiary/aromatic N) is 2. The Hall–Kier alpha value is -0.910. The molecule has 0 aliphatic carbocycles. The zero-order valence-electron chi connectivity index (χ0n) is 11.0. The van der Waals surface area contributed by atoms with E-state index >= 15 is 0 Å². The van der Waals surface area contributed by atoms with Crippen LogP contribution in [0.1, 0.15) is 13.8 Å². The molecule has 100 valence electrons. The van der Waals surface area contributed by atoms with E-state index in [0.717, 1.165) is 5.75 Å². The van der Waals surface area contributed by atoms with E-state index in [-0.39, 0.29) is 18.5 Å². The van der Waals surface area contributed by atoms with Gasteiger partial charge in [-0.05, 0) is 12.2 Å². The molecule has 0 bridgehead atoms. The van der Waals surface area contributed by atoms with Crippen LogP contribution in [0, 0.1) is 5.92 Å². The third-order valence-corrected chi connectivity index (χ3v) is 2.73. The molecule has 17 heavy (non-hydrogen) atoms. The van der Waals surface area contributed by atoms with Gasteiger partial charge in [0.15, 0.2) is 0 Å². The quantitative estimate of drug-likeness (QED) is 0.754. The van der Waals surface area contributed by atoms with Gasteiger partial charge in [0.2, 0.25) is 0 Å². The number of hydrogen-bond donors (Lipinski definition) is 1. The van der Waals surface area contributed by atoms with Crippen LogP contribution in [0.5, 0.6) is 0 Å². The van der Waals surface area contributed by atoms with E-state index in [4.69, 9.17) is 5.11 Å². The molecule has 0 aromatic rings. The first-order valence-corrected chi connectivity index (χ1v) is 6.98. The predicted octanol–water partition coefficient (Wildman–Crippen LogP) is 1.44. The summed E-state index contributed by atoms with van der Waals surface area (Å²) in [7, 11) is 1.70. The number of aliphatic carboxylic acids is 1. The zero-order chi connectivity index (χ0) is 13.4. The molecule has 0 aromatic carbocycles. The van der Waals surface area contributed by atoms with Crippen molar-refractivity contribution in [2.75, 3.05) is 38.7 Å². The lowest BCUT2D eigenvalue weighted by molar-refractivity contribution is -0.137. The molecular weight excluding hydrogens is 240 g/mol. The number of rotatable bonds is 7. The highest BCUT2D eigenvalue weighted by Gasteiger charge is 2.20. The average molecular weight is 262 g/mol. The molecule has 0 heterocycles. The predicted molar refractivity (Wildman–Crippen MR) is 70.5 cm³/mol. The molecule has 0 radical (unpaired) electrons. The normalized spacial score (nSPS) is 10.4. The van der Waals surface area contributed by atoms with E-state index in [1.165, 1.54) is 4.90 Å². The Morgan fingerprint density at radius 3 is 2.35 bits per heavy atom. The van der Waals surface area contributed by atoms with E-state index in [1.807, 2.05) is 20.1 Å². The minimum Gasteiger partial charge on any atom is -0.480 e. The van der Waals surface area contributed by atoms with Gasteiger partial charge in [0.25, 0.3) is 0 Å². The number of amides is 2. The third-order valence-electron chi connectivity index (χ3n) is 2.14. The van der Waals surface area contributed by atoms with Crippen molar-refractivity contribution in [1.82, 2.24) is 9.80 Å². The van der Waals surface area contributed by atoms with Gasteiger partial charge in [-0.1, -0.05) is 13.8 Å². The monoisotopic (exact) mass is 262 g/mol. The second kappa shape index (κ2) is 8.22. The number of carbonyl (C=O) groups excluding carboxylic acids is 1. The van der Waals surface area contributed by atoms with Crippen LogP contribution < -0.4 is 0 Å². The molecule has 0 fully saturated rings. The summed E-state index contributed by atoms with van der Waals surface area (Å²) in [5.74, 6) is 0.134. The summed E-state index contributed by atoms with van der Waals surface area (Å²) in [4.78, 5) is 25.7. The van der Waals surface area contributed by atoms with Gasteiger partial charge in [-0.3, -0.25) is 4.79 Å². The lowest BCUT2D eigenvalue weighted by Gasteiger charge is -2.28. The van der Waals surface area contributed by atoms with Crippen LogP contribution in [-0.2, 0) is 4.79 Å². The summed E-state index contributed by atoms with van der Waals surface area (Å²) >= 11 is 1.66. The van der Waals surface area contributed by atoms with Crippen LogP contribution in [-0.4, -0.2) is 65.6 Å². The molecular formula is C11H22N2O3S. The van der Waals surface area contributed by atoms with Crippen molar-refractivity contribution in [3.8, 4) is 0 Å². The lowest BCUT2D eigenvalue weighted by Crippen LogP contribution is -2.45. The Labute approximate surface area is 107 Å². The maximum atomic E-state index is 12.0. The Morgan fingerprint density at radius 1 is 1.35 bits per heavy atom. The van der Waals surface area contributed by atoms with Crippen LogP contribution >= 0.6 is 11.8 Å². The largest absolute Gasteiger partial charge is 0.480 e. The summed E-state index contributed by atoms with van der Waals surface area (Å²) < 4.78 is 0. The standard InChI is InChI=1S/C11H22N2O3S/c1-9(2)7-13(8-10(14)15)11(16)12(3)5-6-17-4/h9H,5-8H2,1-4H3,(H,14,15). The number of carbonyl (C=O) groups is 2. The van der Waals surface area contributed by atoms with Gasteiger partial charge >= 0.3 is 12.0 Å². The van der Waals surface area contributed by atoms with E-state index in [1.54, 1.807) is 23.7 Å². The molecule has 0 saturated carbocycles.